The van der Waals surface area contributed by atoms with Crippen LogP contribution in [0.5, 0.6) is 0 Å². The Bertz CT molecular complexity index is 707. The second-order valence-electron chi connectivity index (χ2n) is 6.08. The van der Waals surface area contributed by atoms with Crippen LogP contribution in [0.4, 0.5) is 0 Å². The molecule has 2 unspecified atom stereocenters. The molecule has 1 aromatic heterocycles. The summed E-state index contributed by atoms with van der Waals surface area (Å²) in [5.74, 6) is -0.00518. The molecular formula is C17H22N2O3. The monoisotopic (exact) mass is 302 g/mol. The second kappa shape index (κ2) is 5.74. The first-order valence-electron chi connectivity index (χ1n) is 7.63. The van der Waals surface area contributed by atoms with Crippen molar-refractivity contribution in [1.82, 2.24) is 9.88 Å². The van der Waals surface area contributed by atoms with Gasteiger partial charge in [-0.25, -0.2) is 0 Å². The van der Waals surface area contributed by atoms with Gasteiger partial charge >= 0.3 is 0 Å². The van der Waals surface area contributed by atoms with E-state index in [0.717, 1.165) is 16.6 Å². The van der Waals surface area contributed by atoms with Gasteiger partial charge in [0.15, 0.2) is 0 Å². The number of aromatic nitrogens is 1. The minimum Gasteiger partial charge on any atom is -0.394 e. The van der Waals surface area contributed by atoms with Crippen molar-refractivity contribution in [2.45, 2.75) is 32.9 Å². The third-order valence-corrected chi connectivity index (χ3v) is 4.53. The highest BCUT2D eigenvalue weighted by molar-refractivity contribution is 5.99. The van der Waals surface area contributed by atoms with Gasteiger partial charge in [-0.1, -0.05) is 0 Å². The minimum atomic E-state index is -0.292. The number of carbonyl (C=O) groups is 1. The van der Waals surface area contributed by atoms with E-state index in [2.05, 4.69) is 11.9 Å². The topological polar surface area (TPSA) is 65.6 Å². The number of aryl methyl sites for hydroxylation is 2. The Labute approximate surface area is 129 Å². The lowest BCUT2D eigenvalue weighted by molar-refractivity contribution is -0.0667. The Hall–Kier alpha value is -1.85. The second-order valence-corrected chi connectivity index (χ2v) is 6.08. The quantitative estimate of drug-likeness (QED) is 0.892. The number of nitrogens with zero attached hydrogens (tertiary/aromatic N) is 1. The lowest BCUT2D eigenvalue weighted by Crippen LogP contribution is -2.52. The van der Waals surface area contributed by atoms with Crippen LogP contribution in [0.3, 0.4) is 0 Å². The number of H-pyrrole nitrogens is 1. The number of rotatable bonds is 2. The lowest BCUT2D eigenvalue weighted by Gasteiger charge is -2.37. The van der Waals surface area contributed by atoms with Crippen molar-refractivity contribution in [2.24, 2.45) is 0 Å². The first-order chi connectivity index (χ1) is 10.5. The number of carbonyl (C=O) groups excluding carboxylic acids is 1. The molecule has 0 saturated carbocycles. The number of fused-ring (bicyclic) bond motifs is 1. The summed E-state index contributed by atoms with van der Waals surface area (Å²) in [5, 5.41) is 10.3. The molecule has 2 N–H and O–H groups in total. The van der Waals surface area contributed by atoms with Crippen LogP contribution in [0.2, 0.25) is 0 Å². The van der Waals surface area contributed by atoms with Crippen molar-refractivity contribution in [3.63, 3.8) is 0 Å². The van der Waals surface area contributed by atoms with Gasteiger partial charge in [-0.2, -0.15) is 0 Å². The molecule has 0 bridgehead atoms. The number of amides is 1. The highest BCUT2D eigenvalue weighted by Gasteiger charge is 2.30. The van der Waals surface area contributed by atoms with Gasteiger partial charge in [0.1, 0.15) is 0 Å². The molecule has 2 atom stereocenters. The maximum atomic E-state index is 12.8. The minimum absolute atomic E-state index is 0.00518. The van der Waals surface area contributed by atoms with Crippen molar-refractivity contribution >= 4 is 16.8 Å². The van der Waals surface area contributed by atoms with E-state index < -0.39 is 0 Å². The van der Waals surface area contributed by atoms with Crippen LogP contribution in [0, 0.1) is 13.8 Å². The predicted octanol–water partition coefficient (Wildman–Crippen LogP) is 2.01. The number of aliphatic hydroxyl groups excluding tert-OH is 1. The molecule has 1 aliphatic heterocycles. The number of morpholine rings is 1. The Morgan fingerprint density at radius 1 is 1.45 bits per heavy atom. The molecule has 1 fully saturated rings. The average molecular weight is 302 g/mol. The van der Waals surface area contributed by atoms with E-state index in [4.69, 9.17) is 4.74 Å². The van der Waals surface area contributed by atoms with E-state index in [1.807, 2.05) is 32.0 Å². The van der Waals surface area contributed by atoms with Crippen LogP contribution in [0.15, 0.2) is 18.2 Å². The number of aromatic amines is 1. The molecule has 1 saturated heterocycles. The van der Waals surface area contributed by atoms with E-state index in [1.54, 1.807) is 4.90 Å². The smallest absolute Gasteiger partial charge is 0.254 e. The van der Waals surface area contributed by atoms with Gasteiger partial charge in [0, 0.05) is 28.7 Å². The van der Waals surface area contributed by atoms with Gasteiger partial charge in [0.05, 0.1) is 25.4 Å². The highest BCUT2D eigenvalue weighted by Crippen LogP contribution is 2.24. The van der Waals surface area contributed by atoms with E-state index in [9.17, 15) is 9.90 Å². The number of hydrogen-bond donors (Lipinski definition) is 2. The Balaban J connectivity index is 1.92. The Kier molecular flexibility index (Phi) is 3.93. The highest BCUT2D eigenvalue weighted by atomic mass is 16.5. The standard InChI is InChI=1S/C17H22N2O3/c1-10-9-22-14(8-20)7-19(10)17(21)13-4-5-16-15(6-13)11(2)12(3)18-16/h4-6,10,14,18,20H,7-9H2,1-3H3. The number of ether oxygens (including phenoxy) is 1. The third kappa shape index (κ3) is 2.51. The molecule has 1 aromatic carbocycles. The number of benzene rings is 1. The van der Waals surface area contributed by atoms with E-state index in [-0.39, 0.29) is 24.7 Å². The van der Waals surface area contributed by atoms with Crippen LogP contribution < -0.4 is 0 Å². The van der Waals surface area contributed by atoms with Gasteiger partial charge in [-0.15, -0.1) is 0 Å². The SMILES string of the molecule is Cc1[nH]c2ccc(C(=O)N3CC(CO)OCC3C)cc2c1C. The van der Waals surface area contributed by atoms with Crippen LogP contribution in [-0.2, 0) is 4.74 Å². The first-order valence-corrected chi connectivity index (χ1v) is 7.63. The fourth-order valence-corrected chi connectivity index (χ4v) is 2.97. The van der Waals surface area contributed by atoms with Crippen molar-refractivity contribution < 1.29 is 14.6 Å². The lowest BCUT2D eigenvalue weighted by atomic mass is 10.1. The van der Waals surface area contributed by atoms with Crippen LogP contribution in [0.1, 0.15) is 28.5 Å². The summed E-state index contributed by atoms with van der Waals surface area (Å²) >= 11 is 0. The zero-order valence-electron chi connectivity index (χ0n) is 13.2. The van der Waals surface area contributed by atoms with Gasteiger partial charge in [-0.05, 0) is 44.5 Å². The zero-order chi connectivity index (χ0) is 15.9. The van der Waals surface area contributed by atoms with Crippen LogP contribution in [-0.4, -0.2) is 52.8 Å². The molecule has 1 amide bonds. The van der Waals surface area contributed by atoms with Crippen molar-refractivity contribution in [3.8, 4) is 0 Å². The van der Waals surface area contributed by atoms with Gasteiger partial charge in [0.25, 0.3) is 5.91 Å². The summed E-state index contributed by atoms with van der Waals surface area (Å²) in [5.41, 5.74) is 4.03. The summed E-state index contributed by atoms with van der Waals surface area (Å²) in [4.78, 5) is 17.9. The number of aliphatic hydroxyl groups is 1. The maximum absolute atomic E-state index is 12.8. The average Bonchev–Trinajstić information content (AvgIpc) is 2.81. The third-order valence-electron chi connectivity index (χ3n) is 4.53. The summed E-state index contributed by atoms with van der Waals surface area (Å²) in [6.45, 7) is 6.89. The maximum Gasteiger partial charge on any atom is 0.254 e. The molecule has 0 spiro atoms. The molecule has 2 aromatic rings. The fourth-order valence-electron chi connectivity index (χ4n) is 2.97. The molecule has 0 aliphatic carbocycles. The summed E-state index contributed by atoms with van der Waals surface area (Å²) in [7, 11) is 0. The van der Waals surface area contributed by atoms with Crippen molar-refractivity contribution in [2.75, 3.05) is 19.8 Å². The predicted molar refractivity (Wildman–Crippen MR) is 85.1 cm³/mol. The molecule has 3 rings (SSSR count). The zero-order valence-corrected chi connectivity index (χ0v) is 13.2. The summed E-state index contributed by atoms with van der Waals surface area (Å²) < 4.78 is 5.50. The summed E-state index contributed by atoms with van der Waals surface area (Å²) in [6, 6.07) is 5.78. The number of nitrogens with one attached hydrogen (secondary N) is 1. The molecule has 0 radical (unpaired) electrons. The van der Waals surface area contributed by atoms with Gasteiger partial charge in [-0.3, -0.25) is 4.79 Å². The molecule has 2 heterocycles. The van der Waals surface area contributed by atoms with Crippen LogP contribution >= 0.6 is 0 Å². The number of hydrogen-bond acceptors (Lipinski definition) is 3. The molecule has 5 heteroatoms. The molecule has 5 nitrogen and oxygen atoms in total. The van der Waals surface area contributed by atoms with Gasteiger partial charge in [0.2, 0.25) is 0 Å². The van der Waals surface area contributed by atoms with Gasteiger partial charge < -0.3 is 19.7 Å². The van der Waals surface area contributed by atoms with E-state index in [1.165, 1.54) is 5.56 Å². The van der Waals surface area contributed by atoms with Crippen molar-refractivity contribution in [3.05, 3.63) is 35.0 Å². The fraction of sp³-hybridized carbons (Fsp3) is 0.471. The molecule has 118 valence electrons. The van der Waals surface area contributed by atoms with Crippen molar-refractivity contribution in [1.29, 1.82) is 0 Å². The molecule has 22 heavy (non-hydrogen) atoms. The normalized spacial score (nSPS) is 22.3. The first kappa shape index (κ1) is 15.1. The van der Waals surface area contributed by atoms with E-state index in [0.29, 0.717) is 18.7 Å². The largest absolute Gasteiger partial charge is 0.394 e. The van der Waals surface area contributed by atoms with Crippen LogP contribution in [0.25, 0.3) is 10.9 Å². The molecular weight excluding hydrogens is 280 g/mol. The van der Waals surface area contributed by atoms with E-state index >= 15 is 0 Å². The Morgan fingerprint density at radius 3 is 2.95 bits per heavy atom. The Morgan fingerprint density at radius 2 is 2.23 bits per heavy atom. The molecule has 1 aliphatic rings. The summed E-state index contributed by atoms with van der Waals surface area (Å²) in [6.07, 6.45) is -0.292.